The molecule has 0 saturated heterocycles. The molecule has 29 heavy (non-hydrogen) atoms. The molecule has 0 saturated carbocycles. The molecule has 150 valence electrons. The van der Waals surface area contributed by atoms with Gasteiger partial charge in [-0.15, -0.1) is 0 Å². The van der Waals surface area contributed by atoms with Gasteiger partial charge in [-0.2, -0.15) is 0 Å². The molecule has 8 heteroatoms. The maximum Gasteiger partial charge on any atom is 0.202 e. The third-order valence-electron chi connectivity index (χ3n) is 5.79. The van der Waals surface area contributed by atoms with Crippen LogP contribution in [0.1, 0.15) is 49.4 Å². The Kier molecular flexibility index (Phi) is 4.21. The standard InChI is InChI=1S/C21H19NO7/c1-29-12-4-2-3-10-14(12)20(27)16-15(18(10)25)19(26)11-7-21(28,13(23)8-22)6-5-9(11)17(16)24/h2-4,24,26,28H,5-8,22H2,1H3/t21-/m1/s1. The number of carbonyl (C=O) groups is 3. The van der Waals surface area contributed by atoms with Crippen LogP contribution in [0.3, 0.4) is 0 Å². The topological polar surface area (TPSA) is 147 Å². The number of aliphatic hydroxyl groups is 1. The third kappa shape index (κ3) is 2.49. The molecule has 8 nitrogen and oxygen atoms in total. The lowest BCUT2D eigenvalue weighted by Gasteiger charge is -2.34. The van der Waals surface area contributed by atoms with Crippen molar-refractivity contribution in [1.29, 1.82) is 0 Å². The number of fused-ring (bicyclic) bond motifs is 3. The summed E-state index contributed by atoms with van der Waals surface area (Å²) in [6.45, 7) is -0.381. The average Bonchev–Trinajstić information content (AvgIpc) is 2.73. The second kappa shape index (κ2) is 6.40. The molecule has 2 aliphatic carbocycles. The number of methoxy groups -OCH3 is 1. The zero-order chi connectivity index (χ0) is 21.1. The highest BCUT2D eigenvalue weighted by Gasteiger charge is 2.45. The molecule has 0 bridgehead atoms. The number of phenols is 2. The molecular weight excluding hydrogens is 378 g/mol. The van der Waals surface area contributed by atoms with Crippen LogP contribution in [-0.2, 0) is 17.6 Å². The van der Waals surface area contributed by atoms with Crippen LogP contribution in [0.2, 0.25) is 0 Å². The molecule has 0 radical (unpaired) electrons. The fraction of sp³-hybridized carbons (Fsp3) is 0.286. The summed E-state index contributed by atoms with van der Waals surface area (Å²) in [6.07, 6.45) is -0.300. The Bertz CT molecular complexity index is 1100. The minimum atomic E-state index is -1.80. The van der Waals surface area contributed by atoms with E-state index in [0.29, 0.717) is 0 Å². The first-order valence-electron chi connectivity index (χ1n) is 9.07. The first kappa shape index (κ1) is 19.1. The number of hydrogen-bond acceptors (Lipinski definition) is 8. The van der Waals surface area contributed by atoms with Crippen molar-refractivity contribution in [3.05, 3.63) is 51.6 Å². The minimum absolute atomic E-state index is 0.0211. The Morgan fingerprint density at radius 2 is 1.76 bits per heavy atom. The van der Waals surface area contributed by atoms with E-state index >= 15 is 0 Å². The molecule has 0 spiro atoms. The molecule has 0 aromatic heterocycles. The number of nitrogens with two attached hydrogens (primary N) is 1. The fourth-order valence-corrected chi connectivity index (χ4v) is 4.25. The van der Waals surface area contributed by atoms with E-state index in [1.54, 1.807) is 6.07 Å². The molecule has 2 aromatic carbocycles. The molecule has 5 N–H and O–H groups in total. The number of carbonyl (C=O) groups excluding carboxylic acids is 3. The number of ether oxygens (including phenoxy) is 1. The Hall–Kier alpha value is -3.23. The van der Waals surface area contributed by atoms with Crippen molar-refractivity contribution < 1.29 is 34.4 Å². The van der Waals surface area contributed by atoms with E-state index in [2.05, 4.69) is 0 Å². The largest absolute Gasteiger partial charge is 0.507 e. The number of Topliss-reactive ketones (excluding diaryl/α,β-unsaturated/α-hetero) is 1. The van der Waals surface area contributed by atoms with Gasteiger partial charge < -0.3 is 25.8 Å². The van der Waals surface area contributed by atoms with E-state index < -0.39 is 34.4 Å². The van der Waals surface area contributed by atoms with Gasteiger partial charge >= 0.3 is 0 Å². The predicted molar refractivity (Wildman–Crippen MR) is 101 cm³/mol. The van der Waals surface area contributed by atoms with Gasteiger partial charge in [-0.25, -0.2) is 0 Å². The third-order valence-corrected chi connectivity index (χ3v) is 5.79. The number of hydrogen-bond donors (Lipinski definition) is 4. The second-order valence-corrected chi connectivity index (χ2v) is 7.28. The van der Waals surface area contributed by atoms with Crippen molar-refractivity contribution >= 4 is 17.3 Å². The van der Waals surface area contributed by atoms with Gasteiger partial charge in [0, 0.05) is 23.1 Å². The summed E-state index contributed by atoms with van der Waals surface area (Å²) in [5.74, 6) is -2.64. The highest BCUT2D eigenvalue weighted by molar-refractivity contribution is 6.31. The number of rotatable bonds is 3. The van der Waals surface area contributed by atoms with E-state index in [-0.39, 0.29) is 64.9 Å². The summed E-state index contributed by atoms with van der Waals surface area (Å²) >= 11 is 0. The number of phenolic OH excluding ortho intramolecular Hbond substituents is 2. The smallest absolute Gasteiger partial charge is 0.202 e. The quantitative estimate of drug-likeness (QED) is 0.471. The molecule has 1 atom stereocenters. The Morgan fingerprint density at radius 1 is 1.10 bits per heavy atom. The first-order chi connectivity index (χ1) is 13.7. The lowest BCUT2D eigenvalue weighted by atomic mass is 9.73. The molecule has 4 rings (SSSR count). The van der Waals surface area contributed by atoms with E-state index in [0.717, 1.165) is 0 Å². The number of benzene rings is 2. The predicted octanol–water partition coefficient (Wildman–Crippen LogP) is 0.629. The molecule has 0 fully saturated rings. The second-order valence-electron chi connectivity index (χ2n) is 7.28. The molecule has 2 aromatic rings. The Labute approximate surface area is 165 Å². The first-order valence-corrected chi connectivity index (χ1v) is 9.07. The summed E-state index contributed by atoms with van der Waals surface area (Å²) in [5, 5.41) is 32.4. The zero-order valence-electron chi connectivity index (χ0n) is 15.6. The summed E-state index contributed by atoms with van der Waals surface area (Å²) < 4.78 is 5.20. The molecule has 0 heterocycles. The van der Waals surface area contributed by atoms with Gasteiger partial charge in [0.1, 0.15) is 22.8 Å². The lowest BCUT2D eigenvalue weighted by molar-refractivity contribution is -0.137. The van der Waals surface area contributed by atoms with Crippen LogP contribution in [0.4, 0.5) is 0 Å². The van der Waals surface area contributed by atoms with Gasteiger partial charge in [0.05, 0.1) is 30.3 Å². The van der Waals surface area contributed by atoms with Gasteiger partial charge in [0.25, 0.3) is 0 Å². The number of ketones is 3. The summed E-state index contributed by atoms with van der Waals surface area (Å²) in [7, 11) is 1.36. The average molecular weight is 397 g/mol. The summed E-state index contributed by atoms with van der Waals surface area (Å²) in [6, 6.07) is 4.51. The van der Waals surface area contributed by atoms with Crippen LogP contribution in [0.15, 0.2) is 18.2 Å². The van der Waals surface area contributed by atoms with Crippen LogP contribution in [0, 0.1) is 0 Å². The van der Waals surface area contributed by atoms with Crippen molar-refractivity contribution in [1.82, 2.24) is 0 Å². The summed E-state index contributed by atoms with van der Waals surface area (Å²) in [4.78, 5) is 38.3. The normalized spacial score (nSPS) is 20.0. The van der Waals surface area contributed by atoms with Gasteiger partial charge in [0.15, 0.2) is 11.6 Å². The van der Waals surface area contributed by atoms with Gasteiger partial charge in [-0.1, -0.05) is 12.1 Å². The van der Waals surface area contributed by atoms with Crippen LogP contribution >= 0.6 is 0 Å². The fourth-order valence-electron chi connectivity index (χ4n) is 4.25. The van der Waals surface area contributed by atoms with Crippen LogP contribution in [-0.4, -0.2) is 51.9 Å². The molecule has 2 aliphatic rings. The van der Waals surface area contributed by atoms with E-state index in [4.69, 9.17) is 10.5 Å². The lowest BCUT2D eigenvalue weighted by Crippen LogP contribution is -2.47. The Morgan fingerprint density at radius 3 is 2.41 bits per heavy atom. The van der Waals surface area contributed by atoms with E-state index in [9.17, 15) is 29.7 Å². The maximum atomic E-state index is 13.2. The van der Waals surface area contributed by atoms with Crippen molar-refractivity contribution in [3.63, 3.8) is 0 Å². The summed E-state index contributed by atoms with van der Waals surface area (Å²) in [5.41, 5.74) is 3.31. The zero-order valence-corrected chi connectivity index (χ0v) is 15.6. The molecular formula is C21H19NO7. The van der Waals surface area contributed by atoms with Crippen molar-refractivity contribution in [2.45, 2.75) is 24.9 Å². The maximum absolute atomic E-state index is 13.2. The van der Waals surface area contributed by atoms with E-state index in [1.165, 1.54) is 19.2 Å². The van der Waals surface area contributed by atoms with Crippen LogP contribution < -0.4 is 10.5 Å². The molecule has 0 aliphatic heterocycles. The molecule has 0 amide bonds. The van der Waals surface area contributed by atoms with Gasteiger partial charge in [-0.05, 0) is 18.9 Å². The highest BCUT2D eigenvalue weighted by Crippen LogP contribution is 2.48. The number of aromatic hydroxyl groups is 2. The monoisotopic (exact) mass is 397 g/mol. The molecule has 0 unspecified atom stereocenters. The van der Waals surface area contributed by atoms with E-state index in [1.807, 2.05) is 0 Å². The highest BCUT2D eigenvalue weighted by atomic mass is 16.5. The van der Waals surface area contributed by atoms with Crippen molar-refractivity contribution in [3.8, 4) is 17.2 Å². The minimum Gasteiger partial charge on any atom is -0.507 e. The van der Waals surface area contributed by atoms with Crippen LogP contribution in [0.25, 0.3) is 0 Å². The van der Waals surface area contributed by atoms with Crippen molar-refractivity contribution in [2.24, 2.45) is 5.73 Å². The van der Waals surface area contributed by atoms with Crippen LogP contribution in [0.5, 0.6) is 17.2 Å². The van der Waals surface area contributed by atoms with Gasteiger partial charge in [-0.3, -0.25) is 14.4 Å². The SMILES string of the molecule is COc1cccc2c1C(=O)c1c(O)c3c(c(O)c1C2=O)C[C@@](O)(C(=O)CN)CC3. The Balaban J connectivity index is 1.97. The van der Waals surface area contributed by atoms with Crippen molar-refractivity contribution in [2.75, 3.05) is 13.7 Å². The van der Waals surface area contributed by atoms with Gasteiger partial charge in [0.2, 0.25) is 5.78 Å².